The van der Waals surface area contributed by atoms with Gasteiger partial charge < -0.3 is 5.11 Å². The van der Waals surface area contributed by atoms with E-state index < -0.39 is 0 Å². The van der Waals surface area contributed by atoms with E-state index in [0.717, 1.165) is 29.4 Å². The summed E-state index contributed by atoms with van der Waals surface area (Å²) in [6, 6.07) is 0. The Balaban J connectivity index is 2.04. The highest BCUT2D eigenvalue weighted by Gasteiger charge is 2.26. The molecule has 0 bridgehead atoms. The van der Waals surface area contributed by atoms with E-state index in [0.29, 0.717) is 11.6 Å². The maximum absolute atomic E-state index is 9.54. The van der Waals surface area contributed by atoms with Crippen LogP contribution in [0.1, 0.15) is 60.0 Å². The molecule has 1 fully saturated rings. The smallest absolute Gasteiger partial charge is 0.212 e. The molecule has 0 aliphatic heterocycles. The number of thiazole rings is 1. The molecule has 20 heavy (non-hydrogen) atoms. The number of aliphatic hydroxyl groups is 1. The summed E-state index contributed by atoms with van der Waals surface area (Å²) < 4.78 is 1.85. The summed E-state index contributed by atoms with van der Waals surface area (Å²) in [6.45, 7) is 4.04. The minimum atomic E-state index is -0.0465. The number of aliphatic hydroxyl groups excluding tert-OH is 1. The zero-order chi connectivity index (χ0) is 14.1. The van der Waals surface area contributed by atoms with Gasteiger partial charge in [0.05, 0.1) is 18.0 Å². The van der Waals surface area contributed by atoms with Crippen LogP contribution in [-0.2, 0) is 6.61 Å². The number of nitrogens with zero attached hydrogens (tertiary/aromatic N) is 4. The van der Waals surface area contributed by atoms with Crippen LogP contribution in [0, 0.1) is 13.8 Å². The molecular weight excluding hydrogens is 272 g/mol. The lowest BCUT2D eigenvalue weighted by molar-refractivity contribution is 0.273. The summed E-state index contributed by atoms with van der Waals surface area (Å²) in [5.74, 6) is 0.449. The van der Waals surface area contributed by atoms with E-state index in [1.165, 1.54) is 24.1 Å². The van der Waals surface area contributed by atoms with Crippen LogP contribution < -0.4 is 0 Å². The molecule has 0 saturated heterocycles. The monoisotopic (exact) mass is 292 g/mol. The van der Waals surface area contributed by atoms with E-state index in [4.69, 9.17) is 0 Å². The molecule has 1 saturated carbocycles. The van der Waals surface area contributed by atoms with E-state index >= 15 is 0 Å². The van der Waals surface area contributed by atoms with Gasteiger partial charge in [-0.2, -0.15) is 4.68 Å². The van der Waals surface area contributed by atoms with Crippen LogP contribution in [0.4, 0.5) is 0 Å². The van der Waals surface area contributed by atoms with Crippen LogP contribution in [0.5, 0.6) is 0 Å². The van der Waals surface area contributed by atoms with E-state index in [-0.39, 0.29) is 6.61 Å². The van der Waals surface area contributed by atoms with Gasteiger partial charge in [0.15, 0.2) is 0 Å². The molecule has 5 nitrogen and oxygen atoms in total. The zero-order valence-electron chi connectivity index (χ0n) is 12.0. The third kappa shape index (κ3) is 2.38. The first-order chi connectivity index (χ1) is 9.70. The van der Waals surface area contributed by atoms with Crippen molar-refractivity contribution >= 4 is 11.3 Å². The molecule has 1 aliphatic carbocycles. The summed E-state index contributed by atoms with van der Waals surface area (Å²) in [5.41, 5.74) is 2.82. The minimum Gasteiger partial charge on any atom is -0.390 e. The van der Waals surface area contributed by atoms with Gasteiger partial charge in [-0.15, -0.1) is 5.10 Å². The highest BCUT2D eigenvalue weighted by Crippen LogP contribution is 2.35. The van der Waals surface area contributed by atoms with Crippen LogP contribution in [0.15, 0.2) is 0 Å². The van der Waals surface area contributed by atoms with Gasteiger partial charge in [0.25, 0.3) is 0 Å². The first-order valence-corrected chi connectivity index (χ1v) is 8.02. The van der Waals surface area contributed by atoms with E-state index in [2.05, 4.69) is 22.2 Å². The zero-order valence-corrected chi connectivity index (χ0v) is 12.8. The topological polar surface area (TPSA) is 63.8 Å². The van der Waals surface area contributed by atoms with E-state index in [9.17, 15) is 5.11 Å². The van der Waals surface area contributed by atoms with E-state index in [1.807, 2.05) is 11.6 Å². The minimum absolute atomic E-state index is 0.0465. The number of aryl methyl sites for hydroxylation is 2. The molecule has 3 rings (SSSR count). The van der Waals surface area contributed by atoms with Crippen molar-refractivity contribution in [2.75, 3.05) is 0 Å². The molecule has 1 N–H and O–H groups in total. The Hall–Kier alpha value is -1.27. The van der Waals surface area contributed by atoms with Crippen LogP contribution in [0.25, 0.3) is 5.13 Å². The lowest BCUT2D eigenvalue weighted by Gasteiger charge is -2.22. The Labute approximate surface area is 122 Å². The van der Waals surface area contributed by atoms with Crippen LogP contribution >= 0.6 is 11.3 Å². The maximum Gasteiger partial charge on any atom is 0.212 e. The second-order valence-electron chi connectivity index (χ2n) is 5.46. The molecule has 108 valence electrons. The van der Waals surface area contributed by atoms with Gasteiger partial charge in [0.1, 0.15) is 5.69 Å². The van der Waals surface area contributed by atoms with Gasteiger partial charge in [0.2, 0.25) is 5.13 Å². The SMILES string of the molecule is Cc1nc(-n2nnc(CO)c2C2CCCCC2)sc1C. The fraction of sp³-hybridized carbons (Fsp3) is 0.643. The molecule has 6 heteroatoms. The third-order valence-electron chi connectivity index (χ3n) is 4.12. The average Bonchev–Trinajstić information content (AvgIpc) is 3.04. The Kier molecular flexibility index (Phi) is 3.85. The van der Waals surface area contributed by atoms with Crippen molar-refractivity contribution < 1.29 is 5.11 Å². The third-order valence-corrected chi connectivity index (χ3v) is 5.17. The number of rotatable bonds is 3. The van der Waals surface area contributed by atoms with Gasteiger partial charge >= 0.3 is 0 Å². The molecule has 0 unspecified atom stereocenters. The Morgan fingerprint density at radius 1 is 1.25 bits per heavy atom. The van der Waals surface area contributed by atoms with Crippen molar-refractivity contribution in [1.29, 1.82) is 0 Å². The second-order valence-corrected chi connectivity index (χ2v) is 6.65. The fourth-order valence-electron chi connectivity index (χ4n) is 2.91. The molecular formula is C14H20N4OS. The average molecular weight is 292 g/mol. The van der Waals surface area contributed by atoms with Crippen molar-refractivity contribution in [3.63, 3.8) is 0 Å². The fourth-order valence-corrected chi connectivity index (χ4v) is 3.78. The van der Waals surface area contributed by atoms with Gasteiger partial charge in [-0.3, -0.25) is 0 Å². The first-order valence-electron chi connectivity index (χ1n) is 7.20. The summed E-state index contributed by atoms with van der Waals surface area (Å²) in [7, 11) is 0. The Bertz CT molecular complexity index is 579. The number of hydrogen-bond acceptors (Lipinski definition) is 5. The molecule has 2 aromatic heterocycles. The van der Waals surface area contributed by atoms with Crippen molar-refractivity contribution in [1.82, 2.24) is 20.0 Å². The van der Waals surface area contributed by atoms with Crippen molar-refractivity contribution in [2.24, 2.45) is 0 Å². The molecule has 2 heterocycles. The maximum atomic E-state index is 9.54. The van der Waals surface area contributed by atoms with Crippen LogP contribution in [-0.4, -0.2) is 25.1 Å². The quantitative estimate of drug-likeness (QED) is 0.944. The van der Waals surface area contributed by atoms with Crippen molar-refractivity contribution in [2.45, 2.75) is 58.5 Å². The van der Waals surface area contributed by atoms with Crippen molar-refractivity contribution in [3.8, 4) is 5.13 Å². The normalized spacial score (nSPS) is 16.8. The Morgan fingerprint density at radius 2 is 2.00 bits per heavy atom. The lowest BCUT2D eigenvalue weighted by atomic mass is 9.86. The predicted octanol–water partition coefficient (Wildman–Crippen LogP) is 2.88. The number of hydrogen-bond donors (Lipinski definition) is 1. The molecule has 0 aromatic carbocycles. The van der Waals surface area contributed by atoms with Gasteiger partial charge in [-0.05, 0) is 26.7 Å². The number of aromatic nitrogens is 4. The summed E-state index contributed by atoms with van der Waals surface area (Å²) in [4.78, 5) is 5.79. The highest BCUT2D eigenvalue weighted by atomic mass is 32.1. The lowest BCUT2D eigenvalue weighted by Crippen LogP contribution is -2.12. The van der Waals surface area contributed by atoms with E-state index in [1.54, 1.807) is 11.3 Å². The highest BCUT2D eigenvalue weighted by molar-refractivity contribution is 7.14. The predicted molar refractivity (Wildman–Crippen MR) is 78.3 cm³/mol. The first kappa shape index (κ1) is 13.7. The standard InChI is InChI=1S/C14H20N4OS/c1-9-10(2)20-14(15-9)18-13(12(8-19)16-17-18)11-6-4-3-5-7-11/h11,19H,3-8H2,1-2H3. The van der Waals surface area contributed by atoms with Gasteiger partial charge in [0, 0.05) is 10.8 Å². The van der Waals surface area contributed by atoms with Gasteiger partial charge in [-0.25, -0.2) is 4.98 Å². The summed E-state index contributed by atoms with van der Waals surface area (Å²) >= 11 is 1.64. The van der Waals surface area contributed by atoms with Crippen molar-refractivity contribution in [3.05, 3.63) is 22.0 Å². The Morgan fingerprint density at radius 3 is 2.60 bits per heavy atom. The molecule has 0 radical (unpaired) electrons. The second kappa shape index (κ2) is 5.61. The summed E-state index contributed by atoms with van der Waals surface area (Å²) in [5, 5.41) is 18.8. The summed E-state index contributed by atoms with van der Waals surface area (Å²) in [6.07, 6.45) is 6.11. The molecule has 0 spiro atoms. The molecule has 0 atom stereocenters. The largest absolute Gasteiger partial charge is 0.390 e. The molecule has 2 aromatic rings. The van der Waals surface area contributed by atoms with Crippen LogP contribution in [0.2, 0.25) is 0 Å². The van der Waals surface area contributed by atoms with Gasteiger partial charge in [-0.1, -0.05) is 35.8 Å². The van der Waals surface area contributed by atoms with Crippen LogP contribution in [0.3, 0.4) is 0 Å². The molecule has 1 aliphatic rings. The molecule has 0 amide bonds.